The molecule has 0 aliphatic heterocycles. The Labute approximate surface area is 138 Å². The number of rotatable bonds is 6. The summed E-state index contributed by atoms with van der Waals surface area (Å²) < 4.78 is 1.55. The number of thioether (sulfide) groups is 1. The van der Waals surface area contributed by atoms with Gasteiger partial charge in [-0.2, -0.15) is 4.68 Å². The molecule has 0 saturated carbocycles. The first-order valence-corrected chi connectivity index (χ1v) is 8.14. The Balaban J connectivity index is 1.92. The summed E-state index contributed by atoms with van der Waals surface area (Å²) in [5, 5.41) is 16.8. The number of imide groups is 1. The van der Waals surface area contributed by atoms with Crippen LogP contribution >= 0.6 is 11.8 Å². The molecule has 9 heteroatoms. The van der Waals surface area contributed by atoms with Gasteiger partial charge in [0.2, 0.25) is 11.1 Å². The number of amides is 3. The number of aromatic nitrogens is 4. The quantitative estimate of drug-likeness (QED) is 0.772. The van der Waals surface area contributed by atoms with Crippen LogP contribution in [0.4, 0.5) is 4.79 Å². The van der Waals surface area contributed by atoms with Gasteiger partial charge in [0.25, 0.3) is 0 Å². The van der Waals surface area contributed by atoms with Crippen LogP contribution in [-0.2, 0) is 4.79 Å². The van der Waals surface area contributed by atoms with Crippen LogP contribution in [0.15, 0.2) is 29.4 Å². The first kappa shape index (κ1) is 16.9. The van der Waals surface area contributed by atoms with Gasteiger partial charge >= 0.3 is 6.03 Å². The topological polar surface area (TPSA) is 102 Å². The molecular formula is C14H18N6O2S. The van der Waals surface area contributed by atoms with E-state index in [1.165, 1.54) is 0 Å². The predicted molar refractivity (Wildman–Crippen MR) is 86.4 cm³/mol. The van der Waals surface area contributed by atoms with Crippen LogP contribution in [-0.4, -0.2) is 44.4 Å². The molecule has 0 saturated heterocycles. The zero-order chi connectivity index (χ0) is 16.7. The van der Waals surface area contributed by atoms with E-state index in [9.17, 15) is 9.59 Å². The minimum Gasteiger partial charge on any atom is -0.338 e. The number of hydrogen-bond acceptors (Lipinski definition) is 6. The highest BCUT2D eigenvalue weighted by molar-refractivity contribution is 7.99. The molecule has 0 fully saturated rings. The van der Waals surface area contributed by atoms with Gasteiger partial charge in [0.05, 0.1) is 11.4 Å². The van der Waals surface area contributed by atoms with Crippen molar-refractivity contribution in [2.75, 3.05) is 12.3 Å². The molecule has 1 heterocycles. The lowest BCUT2D eigenvalue weighted by molar-refractivity contribution is -0.117. The zero-order valence-corrected chi connectivity index (χ0v) is 13.8. The molecule has 2 aromatic rings. The van der Waals surface area contributed by atoms with Crippen molar-refractivity contribution in [2.45, 2.75) is 25.4 Å². The molecule has 23 heavy (non-hydrogen) atoms. The van der Waals surface area contributed by atoms with Gasteiger partial charge in [-0.25, -0.2) is 4.79 Å². The number of benzene rings is 1. The van der Waals surface area contributed by atoms with Gasteiger partial charge in [-0.05, 0) is 35.9 Å². The Bertz CT molecular complexity index is 670. The molecule has 2 N–H and O–H groups in total. The molecular weight excluding hydrogens is 316 g/mol. The highest BCUT2D eigenvalue weighted by Crippen LogP contribution is 2.18. The third-order valence-electron chi connectivity index (χ3n) is 2.84. The van der Waals surface area contributed by atoms with E-state index in [2.05, 4.69) is 26.2 Å². The Morgan fingerprint density at radius 2 is 2.00 bits per heavy atom. The standard InChI is InChI=1S/C14H18N6O2S/c1-3-8-15-13(22)16-12(21)9-23-14-17-18-19-20(14)11-6-4-10(2)5-7-11/h4-7H,3,8-9H2,1-2H3,(H2,15,16,21,22). The van der Waals surface area contributed by atoms with Crippen molar-refractivity contribution in [3.05, 3.63) is 29.8 Å². The van der Waals surface area contributed by atoms with Gasteiger partial charge in [-0.3, -0.25) is 10.1 Å². The van der Waals surface area contributed by atoms with E-state index in [0.29, 0.717) is 11.7 Å². The summed E-state index contributed by atoms with van der Waals surface area (Å²) in [6.07, 6.45) is 0.807. The molecule has 3 amide bonds. The smallest absolute Gasteiger partial charge is 0.321 e. The van der Waals surface area contributed by atoms with E-state index in [0.717, 1.165) is 29.4 Å². The summed E-state index contributed by atoms with van der Waals surface area (Å²) in [6, 6.07) is 7.21. The van der Waals surface area contributed by atoms with E-state index in [4.69, 9.17) is 0 Å². The highest BCUT2D eigenvalue weighted by atomic mass is 32.2. The third kappa shape index (κ3) is 5.06. The van der Waals surface area contributed by atoms with Gasteiger partial charge in [0.1, 0.15) is 0 Å². The molecule has 0 bridgehead atoms. The van der Waals surface area contributed by atoms with Crippen LogP contribution in [0.25, 0.3) is 5.69 Å². The molecule has 0 radical (unpaired) electrons. The summed E-state index contributed by atoms with van der Waals surface area (Å²) in [5.74, 6) is -0.353. The number of carbonyl (C=O) groups excluding carboxylic acids is 2. The number of carbonyl (C=O) groups is 2. The Kier molecular flexibility index (Phi) is 6.10. The molecule has 0 atom stereocenters. The number of aryl methyl sites for hydroxylation is 1. The average molecular weight is 334 g/mol. The van der Waals surface area contributed by atoms with Crippen LogP contribution in [0.3, 0.4) is 0 Å². The van der Waals surface area contributed by atoms with Crippen LogP contribution in [0, 0.1) is 6.92 Å². The summed E-state index contributed by atoms with van der Waals surface area (Å²) >= 11 is 1.16. The molecule has 122 valence electrons. The summed E-state index contributed by atoms with van der Waals surface area (Å²) in [7, 11) is 0. The fraction of sp³-hybridized carbons (Fsp3) is 0.357. The lowest BCUT2D eigenvalue weighted by atomic mass is 10.2. The maximum absolute atomic E-state index is 11.7. The summed E-state index contributed by atoms with van der Waals surface area (Å²) in [5.41, 5.74) is 1.94. The largest absolute Gasteiger partial charge is 0.338 e. The Morgan fingerprint density at radius 3 is 2.70 bits per heavy atom. The van der Waals surface area contributed by atoms with Gasteiger partial charge in [-0.15, -0.1) is 5.10 Å². The normalized spacial score (nSPS) is 10.3. The predicted octanol–water partition coefficient (Wildman–Crippen LogP) is 1.30. The van der Waals surface area contributed by atoms with Crippen LogP contribution < -0.4 is 10.6 Å². The van der Waals surface area contributed by atoms with Gasteiger partial charge in [0, 0.05) is 6.54 Å². The van der Waals surface area contributed by atoms with Crippen molar-refractivity contribution in [2.24, 2.45) is 0 Å². The van der Waals surface area contributed by atoms with E-state index >= 15 is 0 Å². The van der Waals surface area contributed by atoms with E-state index in [1.54, 1.807) is 4.68 Å². The van der Waals surface area contributed by atoms with Crippen molar-refractivity contribution in [3.63, 3.8) is 0 Å². The molecule has 0 spiro atoms. The van der Waals surface area contributed by atoms with Gasteiger partial charge in [-0.1, -0.05) is 36.4 Å². The van der Waals surface area contributed by atoms with Crippen molar-refractivity contribution in [1.29, 1.82) is 0 Å². The van der Waals surface area contributed by atoms with E-state index in [-0.39, 0.29) is 5.75 Å². The third-order valence-corrected chi connectivity index (χ3v) is 3.76. The van der Waals surface area contributed by atoms with Crippen molar-refractivity contribution in [3.8, 4) is 5.69 Å². The van der Waals surface area contributed by atoms with E-state index < -0.39 is 11.9 Å². The minimum atomic E-state index is -0.490. The van der Waals surface area contributed by atoms with Gasteiger partial charge < -0.3 is 5.32 Å². The van der Waals surface area contributed by atoms with Crippen molar-refractivity contribution >= 4 is 23.7 Å². The first-order valence-electron chi connectivity index (χ1n) is 7.16. The maximum Gasteiger partial charge on any atom is 0.321 e. The summed E-state index contributed by atoms with van der Waals surface area (Å²) in [4.78, 5) is 23.1. The maximum atomic E-state index is 11.7. The van der Waals surface area contributed by atoms with Crippen LogP contribution in [0.2, 0.25) is 0 Å². The Morgan fingerprint density at radius 1 is 1.26 bits per heavy atom. The second kappa shape index (κ2) is 8.28. The minimum absolute atomic E-state index is 0.0474. The monoisotopic (exact) mass is 334 g/mol. The molecule has 1 aromatic heterocycles. The lowest BCUT2D eigenvalue weighted by Crippen LogP contribution is -2.40. The van der Waals surface area contributed by atoms with Crippen molar-refractivity contribution in [1.82, 2.24) is 30.8 Å². The average Bonchev–Trinajstić information content (AvgIpc) is 3.00. The fourth-order valence-corrected chi connectivity index (χ4v) is 2.38. The molecule has 1 aromatic carbocycles. The number of nitrogens with zero attached hydrogens (tertiary/aromatic N) is 4. The SMILES string of the molecule is CCCNC(=O)NC(=O)CSc1nnnn1-c1ccc(C)cc1. The molecule has 2 rings (SSSR count). The molecule has 0 aliphatic rings. The summed E-state index contributed by atoms with van der Waals surface area (Å²) in [6.45, 7) is 4.45. The number of hydrogen-bond donors (Lipinski definition) is 2. The van der Waals surface area contributed by atoms with Crippen molar-refractivity contribution < 1.29 is 9.59 Å². The van der Waals surface area contributed by atoms with E-state index in [1.807, 2.05) is 38.1 Å². The number of tetrazole rings is 1. The zero-order valence-electron chi connectivity index (χ0n) is 12.9. The fourth-order valence-electron chi connectivity index (χ4n) is 1.69. The molecule has 8 nitrogen and oxygen atoms in total. The van der Waals surface area contributed by atoms with Gasteiger partial charge in [0.15, 0.2) is 0 Å². The second-order valence-electron chi connectivity index (χ2n) is 4.80. The lowest BCUT2D eigenvalue weighted by Gasteiger charge is -2.06. The van der Waals surface area contributed by atoms with Crippen LogP contribution in [0.1, 0.15) is 18.9 Å². The molecule has 0 aliphatic carbocycles. The highest BCUT2D eigenvalue weighted by Gasteiger charge is 2.13. The number of nitrogens with one attached hydrogen (secondary N) is 2. The molecule has 0 unspecified atom stereocenters. The second-order valence-corrected chi connectivity index (χ2v) is 5.74. The Hall–Kier alpha value is -2.42. The van der Waals surface area contributed by atoms with Crippen LogP contribution in [0.5, 0.6) is 0 Å². The number of urea groups is 1. The first-order chi connectivity index (χ1) is 11.1.